The van der Waals surface area contributed by atoms with Gasteiger partial charge in [0.15, 0.2) is 23.4 Å². The fraction of sp³-hybridized carbons (Fsp3) is 0.333. The molecule has 3 N–H and O–H groups in total. The zero-order valence-electron chi connectivity index (χ0n) is 17.3. The number of aliphatic imine (C=N–C) groups is 1. The van der Waals surface area contributed by atoms with E-state index in [4.69, 9.17) is 16.9 Å². The molecule has 0 fully saturated rings. The highest BCUT2D eigenvalue weighted by Crippen LogP contribution is 2.42. The molecule has 0 unspecified atom stereocenters. The highest BCUT2D eigenvalue weighted by Gasteiger charge is 2.41. The smallest absolute Gasteiger partial charge is 0.276 e. The van der Waals surface area contributed by atoms with E-state index in [1.165, 1.54) is 24.9 Å². The van der Waals surface area contributed by atoms with E-state index in [0.29, 0.717) is 0 Å². The number of nitrogens with zero attached hydrogens (tertiary/aromatic N) is 3. The van der Waals surface area contributed by atoms with Crippen molar-refractivity contribution in [1.29, 1.82) is 0 Å². The lowest BCUT2D eigenvalue weighted by molar-refractivity contribution is 0.102. The third kappa shape index (κ3) is 4.80. The van der Waals surface area contributed by atoms with Gasteiger partial charge in [0.25, 0.3) is 5.91 Å². The monoisotopic (exact) mass is 463 g/mol. The Kier molecular flexibility index (Phi) is 6.93. The topological polar surface area (TPSA) is 102 Å². The summed E-state index contributed by atoms with van der Waals surface area (Å²) in [6, 6.07) is 1.95. The predicted octanol–water partition coefficient (Wildman–Crippen LogP) is 3.33. The van der Waals surface area contributed by atoms with Crippen LogP contribution in [0.25, 0.3) is 0 Å². The van der Waals surface area contributed by atoms with Gasteiger partial charge < -0.3 is 15.8 Å². The first-order chi connectivity index (χ1) is 15.2. The predicted molar refractivity (Wildman–Crippen MR) is 116 cm³/mol. The number of carbonyl (C=O) groups excluding carboxylic acids is 1. The van der Waals surface area contributed by atoms with Gasteiger partial charge in [-0.2, -0.15) is 0 Å². The van der Waals surface area contributed by atoms with Crippen LogP contribution in [-0.2, 0) is 5.54 Å². The number of aromatic nitrogens is 2. The number of halogens is 3. The molecule has 0 saturated heterocycles. The minimum atomic E-state index is -1.69. The van der Waals surface area contributed by atoms with Crippen LogP contribution in [0.1, 0.15) is 35.1 Å². The van der Waals surface area contributed by atoms with Gasteiger partial charge in [-0.05, 0) is 19.4 Å². The highest BCUT2D eigenvalue weighted by atomic mass is 32.2. The second kappa shape index (κ2) is 9.48. The van der Waals surface area contributed by atoms with Gasteiger partial charge in [-0.25, -0.2) is 28.1 Å². The Bertz CT molecular complexity index is 1120. The maximum absolute atomic E-state index is 14.7. The average molecular weight is 463 g/mol. The number of hydrogen-bond acceptors (Lipinski definition) is 7. The number of nitrogens with two attached hydrogens (primary N) is 1. The first kappa shape index (κ1) is 23.4. The molecule has 1 aromatic heterocycles. The summed E-state index contributed by atoms with van der Waals surface area (Å²) < 4.78 is 48.4. The first-order valence-corrected chi connectivity index (χ1v) is 10.4. The zero-order valence-corrected chi connectivity index (χ0v) is 18.1. The number of terminal acetylenes is 1. The quantitative estimate of drug-likeness (QED) is 0.637. The van der Waals surface area contributed by atoms with E-state index in [-0.39, 0.29) is 52.0 Å². The minimum Gasteiger partial charge on any atom is -0.463 e. The molecule has 0 saturated carbocycles. The zero-order chi connectivity index (χ0) is 23.5. The van der Waals surface area contributed by atoms with Gasteiger partial charge in [0.2, 0.25) is 5.88 Å². The third-order valence-electron chi connectivity index (χ3n) is 4.72. The molecule has 1 amide bonds. The molecule has 1 aromatic carbocycles. The van der Waals surface area contributed by atoms with Crippen molar-refractivity contribution >= 4 is 28.5 Å². The van der Waals surface area contributed by atoms with Gasteiger partial charge in [0.1, 0.15) is 17.9 Å². The molecule has 0 bridgehead atoms. The summed E-state index contributed by atoms with van der Waals surface area (Å²) in [5, 5.41) is 2.35. The van der Waals surface area contributed by atoms with E-state index < -0.39 is 29.8 Å². The van der Waals surface area contributed by atoms with Gasteiger partial charge in [0, 0.05) is 22.6 Å². The van der Waals surface area contributed by atoms with Gasteiger partial charge in [-0.15, -0.1) is 6.42 Å². The lowest BCUT2D eigenvalue weighted by Gasteiger charge is -2.34. The van der Waals surface area contributed by atoms with Gasteiger partial charge in [0.05, 0.1) is 11.9 Å². The number of anilines is 1. The summed E-state index contributed by atoms with van der Waals surface area (Å²) in [6.07, 6.45) is 6.44. The molecular weight excluding hydrogens is 443 g/mol. The number of carbonyl (C=O) groups is 1. The number of thioether (sulfide) groups is 1. The van der Waals surface area contributed by atoms with Crippen LogP contribution in [0.4, 0.5) is 18.9 Å². The fourth-order valence-corrected chi connectivity index (χ4v) is 4.39. The number of amides is 1. The molecule has 1 aliphatic heterocycles. The van der Waals surface area contributed by atoms with Crippen molar-refractivity contribution in [3.8, 4) is 18.2 Å². The molecule has 0 aliphatic carbocycles. The van der Waals surface area contributed by atoms with Crippen molar-refractivity contribution in [2.24, 2.45) is 10.7 Å². The lowest BCUT2D eigenvalue weighted by Crippen LogP contribution is -2.37. The van der Waals surface area contributed by atoms with Crippen LogP contribution >= 0.6 is 11.8 Å². The maximum Gasteiger partial charge on any atom is 0.276 e. The van der Waals surface area contributed by atoms with Crippen molar-refractivity contribution in [3.05, 3.63) is 46.9 Å². The second-order valence-corrected chi connectivity index (χ2v) is 8.62. The van der Waals surface area contributed by atoms with Crippen LogP contribution in [0.3, 0.4) is 0 Å². The van der Waals surface area contributed by atoms with E-state index in [1.807, 2.05) is 0 Å². The molecule has 3 rings (SSSR count). The van der Waals surface area contributed by atoms with Gasteiger partial charge >= 0.3 is 0 Å². The Morgan fingerprint density at radius 3 is 2.84 bits per heavy atom. The number of benzene rings is 1. The van der Waals surface area contributed by atoms with Crippen LogP contribution in [0.15, 0.2) is 23.3 Å². The minimum absolute atomic E-state index is 0.0161. The standard InChI is InChI=1S/C21H20F3N5O2S/c1-4-5-31-16-9-26-18(12(3)27-16)19(30)28-13-6-14(17(24)15(23)7-13)21(10-22)8-11(2)32-20(25)29-21/h1,6-7,9,11H,5,8,10H2,2-3H3,(H2,25,29)(H,28,30)/t11-,21-/m1/s1. The Morgan fingerprint density at radius 1 is 1.47 bits per heavy atom. The van der Waals surface area contributed by atoms with E-state index in [2.05, 4.69) is 26.2 Å². The number of hydrogen-bond donors (Lipinski definition) is 2. The van der Waals surface area contributed by atoms with Crippen LogP contribution < -0.4 is 15.8 Å². The summed E-state index contributed by atoms with van der Waals surface area (Å²) in [5.74, 6) is -0.812. The van der Waals surface area contributed by atoms with Crippen molar-refractivity contribution in [3.63, 3.8) is 0 Å². The molecule has 1 aliphatic rings. The fourth-order valence-electron chi connectivity index (χ4n) is 3.39. The van der Waals surface area contributed by atoms with Crippen LogP contribution in [0, 0.1) is 30.9 Å². The Balaban J connectivity index is 1.94. The van der Waals surface area contributed by atoms with Gasteiger partial charge in [-0.3, -0.25) is 4.79 Å². The Morgan fingerprint density at radius 2 is 2.22 bits per heavy atom. The van der Waals surface area contributed by atoms with E-state index in [1.54, 1.807) is 6.92 Å². The first-order valence-electron chi connectivity index (χ1n) is 9.48. The van der Waals surface area contributed by atoms with Crippen LogP contribution in [-0.4, -0.2) is 39.6 Å². The number of nitrogens with one attached hydrogen (secondary N) is 1. The summed E-state index contributed by atoms with van der Waals surface area (Å²) in [7, 11) is 0. The molecule has 7 nitrogen and oxygen atoms in total. The van der Waals surface area contributed by atoms with Gasteiger partial charge in [-0.1, -0.05) is 24.6 Å². The summed E-state index contributed by atoms with van der Waals surface area (Å²) >= 11 is 1.22. The van der Waals surface area contributed by atoms with Crippen LogP contribution in [0.2, 0.25) is 0 Å². The van der Waals surface area contributed by atoms with Crippen molar-refractivity contribution in [2.75, 3.05) is 18.6 Å². The maximum atomic E-state index is 14.7. The summed E-state index contributed by atoms with van der Waals surface area (Å²) in [6.45, 7) is 2.21. The Hall–Kier alpha value is -3.26. The van der Waals surface area contributed by atoms with Crippen LogP contribution in [0.5, 0.6) is 5.88 Å². The average Bonchev–Trinajstić information content (AvgIpc) is 2.73. The molecular formula is C21H20F3N5O2S. The number of ether oxygens (including phenoxy) is 1. The van der Waals surface area contributed by atoms with Crippen molar-refractivity contribution in [1.82, 2.24) is 9.97 Å². The summed E-state index contributed by atoms with van der Waals surface area (Å²) in [5.41, 5.74) is 3.84. The normalized spacial score (nSPS) is 20.2. The largest absolute Gasteiger partial charge is 0.463 e. The summed E-state index contributed by atoms with van der Waals surface area (Å²) in [4.78, 5) is 24.8. The van der Waals surface area contributed by atoms with E-state index in [0.717, 1.165) is 12.1 Å². The molecule has 0 radical (unpaired) electrons. The number of rotatable bonds is 6. The lowest BCUT2D eigenvalue weighted by atomic mass is 9.86. The molecule has 0 spiro atoms. The molecule has 168 valence electrons. The molecule has 32 heavy (non-hydrogen) atoms. The number of aryl methyl sites for hydroxylation is 1. The Labute approximate surface area is 187 Å². The molecule has 11 heteroatoms. The van der Waals surface area contributed by atoms with E-state index in [9.17, 15) is 18.0 Å². The molecule has 2 heterocycles. The number of amidine groups is 1. The van der Waals surface area contributed by atoms with E-state index >= 15 is 0 Å². The van der Waals surface area contributed by atoms with Crippen molar-refractivity contribution in [2.45, 2.75) is 31.1 Å². The third-order valence-corrected chi connectivity index (χ3v) is 5.62. The highest BCUT2D eigenvalue weighted by molar-refractivity contribution is 8.14. The SMILES string of the molecule is C#CCOc1cnc(C(=O)Nc2cc(F)c(F)c([C@]3(CF)C[C@@H](C)SC(N)=N3)c2)c(C)n1. The molecule has 2 atom stereocenters. The molecule has 2 aromatic rings. The number of alkyl halides is 1. The second-order valence-electron chi connectivity index (χ2n) is 7.16. The van der Waals surface area contributed by atoms with Crippen molar-refractivity contribution < 1.29 is 22.7 Å².